The van der Waals surface area contributed by atoms with Crippen LogP contribution in [0.15, 0.2) is 17.0 Å². The molecule has 2 N–H and O–H groups in total. The van der Waals surface area contributed by atoms with Gasteiger partial charge >= 0.3 is 12.1 Å². The summed E-state index contributed by atoms with van der Waals surface area (Å²) >= 11 is 0.564. The first-order valence-electron chi connectivity index (χ1n) is 11.9. The molecular formula is C23H28F2N6O6S2. The number of fused-ring (bicyclic) bond motifs is 1. The Morgan fingerprint density at radius 2 is 1.92 bits per heavy atom. The van der Waals surface area contributed by atoms with Gasteiger partial charge < -0.3 is 15.2 Å². The van der Waals surface area contributed by atoms with E-state index >= 15 is 0 Å². The summed E-state index contributed by atoms with van der Waals surface area (Å²) in [6.45, 7) is 6.51. The first-order valence-corrected chi connectivity index (χ1v) is 14.1. The topological polar surface area (TPSA) is 160 Å². The van der Waals surface area contributed by atoms with E-state index in [9.17, 15) is 26.8 Å². The van der Waals surface area contributed by atoms with Crippen LogP contribution < -0.4 is 5.73 Å². The molecule has 1 saturated carbocycles. The Balaban J connectivity index is 1.89. The fraction of sp³-hybridized carbons (Fsp3) is 0.522. The molecule has 39 heavy (non-hydrogen) atoms. The highest BCUT2D eigenvalue weighted by Gasteiger charge is 2.53. The number of aromatic nitrogens is 4. The predicted octanol–water partition coefficient (Wildman–Crippen LogP) is 3.98. The molecule has 16 heteroatoms. The number of sulfonamides is 1. The SMILES string of the molecule is COC(=O)CCc1nn(-c2nnc(C(F)F)s2)c2cc(S(=O)(=O)N(C(=O)OC(C)(C)C)C3(C)CC3)cc(N)c12. The number of ether oxygens (including phenoxy) is 2. The lowest BCUT2D eigenvalue weighted by atomic mass is 10.1. The summed E-state index contributed by atoms with van der Waals surface area (Å²) < 4.78 is 66.2. The van der Waals surface area contributed by atoms with Crippen LogP contribution in [-0.2, 0) is 30.7 Å². The first-order chi connectivity index (χ1) is 18.1. The van der Waals surface area contributed by atoms with Crippen molar-refractivity contribution in [1.82, 2.24) is 24.3 Å². The van der Waals surface area contributed by atoms with Crippen LogP contribution in [0.25, 0.3) is 16.0 Å². The van der Waals surface area contributed by atoms with Gasteiger partial charge in [-0.3, -0.25) is 4.79 Å². The molecule has 1 aliphatic carbocycles. The average molecular weight is 587 g/mol. The van der Waals surface area contributed by atoms with E-state index in [1.165, 1.54) is 19.2 Å². The van der Waals surface area contributed by atoms with Gasteiger partial charge in [-0.05, 0) is 52.7 Å². The largest absolute Gasteiger partial charge is 0.469 e. The molecule has 12 nitrogen and oxygen atoms in total. The Kier molecular flexibility index (Phi) is 7.31. The number of nitrogens with zero attached hydrogens (tertiary/aromatic N) is 5. The molecule has 0 bridgehead atoms. The number of nitrogens with two attached hydrogens (primary N) is 1. The number of halogens is 2. The summed E-state index contributed by atoms with van der Waals surface area (Å²) in [4.78, 5) is 24.5. The van der Waals surface area contributed by atoms with Crippen molar-refractivity contribution in [2.75, 3.05) is 12.8 Å². The molecule has 1 fully saturated rings. The number of hydrogen-bond acceptors (Lipinski definition) is 11. The van der Waals surface area contributed by atoms with E-state index < -0.39 is 44.7 Å². The Hall–Kier alpha value is -3.40. The molecule has 0 atom stereocenters. The number of rotatable bonds is 8. The molecule has 4 rings (SSSR count). The fourth-order valence-electron chi connectivity index (χ4n) is 3.92. The van der Waals surface area contributed by atoms with E-state index in [0.29, 0.717) is 35.3 Å². The van der Waals surface area contributed by atoms with E-state index in [0.717, 1.165) is 8.99 Å². The van der Waals surface area contributed by atoms with E-state index in [2.05, 4.69) is 20.0 Å². The Morgan fingerprint density at radius 3 is 2.46 bits per heavy atom. The molecule has 3 aromatic rings. The standard InChI is InChI=1S/C23H28F2N6O6S2/c1-22(2,3)37-21(33)31(23(4)8-9-23)39(34,35)12-10-13(26)17-14(6-7-16(32)36-5)29-30(15(17)11-12)20-28-27-19(38-20)18(24)25/h10-11,18H,6-9,26H2,1-5H3. The maximum Gasteiger partial charge on any atom is 0.424 e. The van der Waals surface area contributed by atoms with Crippen molar-refractivity contribution >= 4 is 50.0 Å². The lowest BCUT2D eigenvalue weighted by Crippen LogP contribution is -2.47. The number of anilines is 1. The van der Waals surface area contributed by atoms with Crippen LogP contribution >= 0.6 is 11.3 Å². The summed E-state index contributed by atoms with van der Waals surface area (Å²) in [6.07, 6.45) is -3.01. The smallest absolute Gasteiger partial charge is 0.424 e. The Labute approximate surface area is 227 Å². The van der Waals surface area contributed by atoms with Crippen LogP contribution in [-0.4, -0.2) is 63.0 Å². The predicted molar refractivity (Wildman–Crippen MR) is 137 cm³/mol. The van der Waals surface area contributed by atoms with E-state index in [4.69, 9.17) is 10.5 Å². The molecule has 0 saturated heterocycles. The zero-order valence-electron chi connectivity index (χ0n) is 21.9. The molecule has 0 radical (unpaired) electrons. The van der Waals surface area contributed by atoms with Gasteiger partial charge in [0.2, 0.25) is 5.13 Å². The number of amides is 1. The maximum absolute atomic E-state index is 13.9. The minimum Gasteiger partial charge on any atom is -0.469 e. The van der Waals surface area contributed by atoms with Gasteiger partial charge in [-0.25, -0.2) is 26.7 Å². The number of esters is 1. The molecule has 2 aromatic heterocycles. The summed E-state index contributed by atoms with van der Waals surface area (Å²) in [5.74, 6) is -0.517. The second-order valence-corrected chi connectivity index (χ2v) is 13.1. The van der Waals surface area contributed by atoms with E-state index in [1.54, 1.807) is 27.7 Å². The molecule has 0 unspecified atom stereocenters. The van der Waals surface area contributed by atoms with Crippen molar-refractivity contribution in [2.24, 2.45) is 0 Å². The highest BCUT2D eigenvalue weighted by atomic mass is 32.2. The van der Waals surface area contributed by atoms with Crippen LogP contribution in [0, 0.1) is 0 Å². The number of nitrogen functional groups attached to an aromatic ring is 1. The number of alkyl halides is 2. The van der Waals surface area contributed by atoms with Crippen LogP contribution in [0.2, 0.25) is 0 Å². The van der Waals surface area contributed by atoms with Crippen molar-refractivity contribution in [3.63, 3.8) is 0 Å². The summed E-state index contributed by atoms with van der Waals surface area (Å²) in [7, 11) is -3.27. The molecule has 1 aromatic carbocycles. The van der Waals surface area contributed by atoms with Gasteiger partial charge in [0.15, 0.2) is 5.01 Å². The van der Waals surface area contributed by atoms with Gasteiger partial charge in [0.1, 0.15) is 5.60 Å². The molecule has 1 aliphatic rings. The highest BCUT2D eigenvalue weighted by molar-refractivity contribution is 7.89. The van der Waals surface area contributed by atoms with Gasteiger partial charge in [0.05, 0.1) is 35.2 Å². The zero-order chi connectivity index (χ0) is 28.9. The van der Waals surface area contributed by atoms with Gasteiger partial charge in [0, 0.05) is 17.5 Å². The first kappa shape index (κ1) is 28.6. The third-order valence-electron chi connectivity index (χ3n) is 6.01. The van der Waals surface area contributed by atoms with Crippen molar-refractivity contribution < 1.29 is 36.3 Å². The third-order valence-corrected chi connectivity index (χ3v) is 8.82. The monoisotopic (exact) mass is 586 g/mol. The minimum atomic E-state index is -4.50. The third kappa shape index (κ3) is 5.66. The second-order valence-electron chi connectivity index (χ2n) is 10.3. The molecule has 0 spiro atoms. The van der Waals surface area contributed by atoms with Crippen molar-refractivity contribution in [1.29, 1.82) is 0 Å². The summed E-state index contributed by atoms with van der Waals surface area (Å²) in [6, 6.07) is 2.43. The molecule has 0 aliphatic heterocycles. The maximum atomic E-state index is 13.9. The van der Waals surface area contributed by atoms with Crippen LogP contribution in [0.5, 0.6) is 0 Å². The van der Waals surface area contributed by atoms with Gasteiger partial charge in [-0.1, -0.05) is 11.3 Å². The van der Waals surface area contributed by atoms with Gasteiger partial charge in [-0.2, -0.15) is 9.40 Å². The lowest BCUT2D eigenvalue weighted by Gasteiger charge is -2.31. The Bertz CT molecular complexity index is 1540. The normalized spacial score (nSPS) is 15.0. The lowest BCUT2D eigenvalue weighted by molar-refractivity contribution is -0.140. The Morgan fingerprint density at radius 1 is 1.26 bits per heavy atom. The minimum absolute atomic E-state index is 0.0131. The molecule has 212 valence electrons. The number of methoxy groups -OCH3 is 1. The molecular weight excluding hydrogens is 558 g/mol. The number of benzene rings is 1. The zero-order valence-corrected chi connectivity index (χ0v) is 23.5. The van der Waals surface area contributed by atoms with Crippen molar-refractivity contribution in [3.05, 3.63) is 22.8 Å². The fourth-order valence-corrected chi connectivity index (χ4v) is 6.33. The van der Waals surface area contributed by atoms with Crippen LogP contribution in [0.1, 0.15) is 64.1 Å². The summed E-state index contributed by atoms with van der Waals surface area (Å²) in [5, 5.41) is 11.3. The number of aryl methyl sites for hydroxylation is 1. The molecule has 1 amide bonds. The second kappa shape index (κ2) is 9.97. The van der Waals surface area contributed by atoms with Gasteiger partial charge in [0.25, 0.3) is 16.4 Å². The quantitative estimate of drug-likeness (QED) is 0.302. The van der Waals surface area contributed by atoms with Crippen molar-refractivity contribution in [3.8, 4) is 5.13 Å². The number of carbonyl (C=O) groups is 2. The van der Waals surface area contributed by atoms with Gasteiger partial charge in [-0.15, -0.1) is 10.2 Å². The average Bonchev–Trinajstić information content (AvgIpc) is 3.22. The molecule has 2 heterocycles. The van der Waals surface area contributed by atoms with Crippen LogP contribution in [0.4, 0.5) is 19.3 Å². The van der Waals surface area contributed by atoms with Crippen molar-refractivity contribution in [2.45, 2.75) is 75.8 Å². The van der Waals surface area contributed by atoms with Crippen LogP contribution in [0.3, 0.4) is 0 Å². The summed E-state index contributed by atoms with van der Waals surface area (Å²) in [5.41, 5.74) is 4.79. The number of hydrogen-bond donors (Lipinski definition) is 1. The van der Waals surface area contributed by atoms with E-state index in [1.807, 2.05) is 0 Å². The number of carbonyl (C=O) groups excluding carboxylic acids is 2. The van der Waals surface area contributed by atoms with E-state index in [-0.39, 0.29) is 34.1 Å². The highest BCUT2D eigenvalue weighted by Crippen LogP contribution is 2.45.